The summed E-state index contributed by atoms with van der Waals surface area (Å²) in [6, 6.07) is 10.3. The zero-order valence-electron chi connectivity index (χ0n) is 15.0. The third-order valence-corrected chi connectivity index (χ3v) is 4.02. The molecule has 0 unspecified atom stereocenters. The number of nitrogens with zero attached hydrogens (tertiary/aromatic N) is 1. The molecule has 0 radical (unpaired) electrons. The predicted octanol–water partition coefficient (Wildman–Crippen LogP) is 4.91. The lowest BCUT2D eigenvalue weighted by Gasteiger charge is -2.16. The van der Waals surface area contributed by atoms with E-state index in [0.717, 1.165) is 28.4 Å². The number of nitrogens with one attached hydrogen (secondary N) is 1. The van der Waals surface area contributed by atoms with Crippen LogP contribution in [0.25, 0.3) is 0 Å². The van der Waals surface area contributed by atoms with Crippen molar-refractivity contribution in [1.82, 2.24) is 5.32 Å². The molecular formula is C18H27Cl2N3OS. The molecule has 0 aliphatic rings. The molecule has 0 fully saturated rings. The largest absolute Gasteiger partial charge is 0.491 e. The molecule has 25 heavy (non-hydrogen) atoms. The molecule has 0 aliphatic heterocycles. The number of hydrogen-bond donors (Lipinski definition) is 2. The van der Waals surface area contributed by atoms with E-state index in [1.54, 1.807) is 11.3 Å². The van der Waals surface area contributed by atoms with Crippen molar-refractivity contribution in [3.8, 4) is 5.75 Å². The fraction of sp³-hybridized carbons (Fsp3) is 0.389. The van der Waals surface area contributed by atoms with E-state index in [-0.39, 0.29) is 30.9 Å². The average molecular weight is 404 g/mol. The Balaban J connectivity index is 0.00000288. The van der Waals surface area contributed by atoms with Crippen molar-refractivity contribution in [3.05, 3.63) is 46.2 Å². The number of benzene rings is 1. The van der Waals surface area contributed by atoms with E-state index < -0.39 is 0 Å². The molecule has 3 N–H and O–H groups in total. The molecule has 2 rings (SSSR count). The maximum Gasteiger partial charge on any atom is 0.141 e. The summed E-state index contributed by atoms with van der Waals surface area (Å²) in [5.74, 6) is 1.43. The number of halogens is 2. The lowest BCUT2D eigenvalue weighted by Crippen LogP contribution is -2.22. The maximum absolute atomic E-state index is 6.08. The van der Waals surface area contributed by atoms with Gasteiger partial charge in [-0.3, -0.25) is 0 Å². The number of ether oxygens (including phenoxy) is 1. The van der Waals surface area contributed by atoms with Crippen LogP contribution in [0.1, 0.15) is 38.1 Å². The zero-order valence-corrected chi connectivity index (χ0v) is 17.4. The quantitative estimate of drug-likeness (QED) is 0.509. The first kappa shape index (κ1) is 23.7. The number of hydrogen-bond acceptors (Lipinski definition) is 4. The summed E-state index contributed by atoms with van der Waals surface area (Å²) in [7, 11) is 0. The van der Waals surface area contributed by atoms with Crippen molar-refractivity contribution < 1.29 is 4.74 Å². The molecular weight excluding hydrogens is 377 g/mol. The van der Waals surface area contributed by atoms with E-state index >= 15 is 0 Å². The van der Waals surface area contributed by atoms with Gasteiger partial charge in [0.1, 0.15) is 11.6 Å². The van der Waals surface area contributed by atoms with Crippen LogP contribution in [0.2, 0.25) is 0 Å². The molecule has 0 saturated carbocycles. The highest BCUT2D eigenvalue weighted by Crippen LogP contribution is 2.26. The fourth-order valence-corrected chi connectivity index (χ4v) is 2.70. The topological polar surface area (TPSA) is 59.6 Å². The van der Waals surface area contributed by atoms with Crippen LogP contribution < -0.4 is 15.8 Å². The van der Waals surface area contributed by atoms with Crippen LogP contribution in [0, 0.1) is 0 Å². The second-order valence-corrected chi connectivity index (χ2v) is 6.92. The van der Waals surface area contributed by atoms with Gasteiger partial charge in [-0.05, 0) is 43.5 Å². The summed E-state index contributed by atoms with van der Waals surface area (Å²) in [6.45, 7) is 9.04. The highest BCUT2D eigenvalue weighted by molar-refractivity contribution is 7.12. The fourth-order valence-electron chi connectivity index (χ4n) is 2.08. The van der Waals surface area contributed by atoms with E-state index in [1.807, 2.05) is 49.6 Å². The first-order valence-corrected chi connectivity index (χ1v) is 8.74. The lowest BCUT2D eigenvalue weighted by atomic mass is 10.1. The second-order valence-electron chi connectivity index (χ2n) is 5.97. The van der Waals surface area contributed by atoms with Crippen LogP contribution >= 0.6 is 36.2 Å². The molecule has 0 amide bonds. The van der Waals surface area contributed by atoms with E-state index in [1.165, 1.54) is 0 Å². The van der Waals surface area contributed by atoms with Crippen LogP contribution in [0.5, 0.6) is 5.75 Å². The van der Waals surface area contributed by atoms with Gasteiger partial charge in [0.05, 0.1) is 16.7 Å². The number of amidine groups is 1. The average Bonchev–Trinajstić information content (AvgIpc) is 3.01. The molecule has 0 aliphatic carbocycles. The Kier molecular flexibility index (Phi) is 10.8. The maximum atomic E-state index is 6.08. The van der Waals surface area contributed by atoms with E-state index in [9.17, 15) is 0 Å². The predicted molar refractivity (Wildman–Crippen MR) is 113 cm³/mol. The van der Waals surface area contributed by atoms with Crippen molar-refractivity contribution >= 4 is 47.7 Å². The molecule has 0 atom stereocenters. The minimum Gasteiger partial charge on any atom is -0.491 e. The number of nitrogens with two attached hydrogens (primary N) is 1. The Morgan fingerprint density at radius 3 is 2.48 bits per heavy atom. The van der Waals surface area contributed by atoms with Crippen molar-refractivity contribution in [2.75, 3.05) is 0 Å². The van der Waals surface area contributed by atoms with Gasteiger partial charge < -0.3 is 15.8 Å². The summed E-state index contributed by atoms with van der Waals surface area (Å²) in [5, 5.41) is 5.42. The van der Waals surface area contributed by atoms with E-state index in [4.69, 9.17) is 10.5 Å². The number of thiophene rings is 1. The molecule has 140 valence electrons. The Labute approximate surface area is 166 Å². The summed E-state index contributed by atoms with van der Waals surface area (Å²) >= 11 is 1.59. The summed E-state index contributed by atoms with van der Waals surface area (Å²) < 4.78 is 5.89. The van der Waals surface area contributed by atoms with Gasteiger partial charge in [0, 0.05) is 18.2 Å². The molecule has 1 aromatic heterocycles. The van der Waals surface area contributed by atoms with Crippen LogP contribution in [0.15, 0.2) is 40.7 Å². The minimum absolute atomic E-state index is 0. The second kappa shape index (κ2) is 11.4. The smallest absolute Gasteiger partial charge is 0.141 e. The molecule has 7 heteroatoms. The highest BCUT2D eigenvalue weighted by atomic mass is 35.5. The first-order valence-electron chi connectivity index (χ1n) is 7.86. The summed E-state index contributed by atoms with van der Waals surface area (Å²) in [5.41, 5.74) is 8.01. The monoisotopic (exact) mass is 403 g/mol. The van der Waals surface area contributed by atoms with Crippen LogP contribution in [0.3, 0.4) is 0 Å². The Morgan fingerprint density at radius 2 is 1.92 bits per heavy atom. The van der Waals surface area contributed by atoms with Crippen molar-refractivity contribution in [3.63, 3.8) is 0 Å². The van der Waals surface area contributed by atoms with Gasteiger partial charge in [-0.1, -0.05) is 19.9 Å². The molecule has 1 heterocycles. The standard InChI is InChI=1S/C18H25N3OS.2ClH/c1-12(2)20-11-14-10-15(7-8-16(14)22-13(3)4)21-18(19)17-6-5-9-23-17;;/h5-10,12-13,20H,11H2,1-4H3,(H2,19,21);2*1H. The molecule has 0 saturated heterocycles. The van der Waals surface area contributed by atoms with Crippen LogP contribution in [-0.2, 0) is 6.54 Å². The highest BCUT2D eigenvalue weighted by Gasteiger charge is 2.08. The van der Waals surface area contributed by atoms with Crippen LogP contribution in [0.4, 0.5) is 5.69 Å². The molecule has 2 aromatic rings. The van der Waals surface area contributed by atoms with E-state index in [2.05, 4.69) is 24.2 Å². The lowest BCUT2D eigenvalue weighted by molar-refractivity contribution is 0.239. The zero-order chi connectivity index (χ0) is 16.8. The van der Waals surface area contributed by atoms with Crippen molar-refractivity contribution in [1.29, 1.82) is 0 Å². The number of aliphatic imine (C=N–C) groups is 1. The first-order chi connectivity index (χ1) is 11.0. The minimum atomic E-state index is 0. The molecule has 0 bridgehead atoms. The third-order valence-electron chi connectivity index (χ3n) is 3.13. The van der Waals surface area contributed by atoms with Gasteiger partial charge in [0.15, 0.2) is 0 Å². The van der Waals surface area contributed by atoms with Gasteiger partial charge in [0.25, 0.3) is 0 Å². The van der Waals surface area contributed by atoms with Crippen molar-refractivity contribution in [2.45, 2.75) is 46.4 Å². The summed E-state index contributed by atoms with van der Waals surface area (Å²) in [4.78, 5) is 5.51. The normalized spacial score (nSPS) is 11.2. The molecule has 1 aromatic carbocycles. The van der Waals surface area contributed by atoms with Crippen LogP contribution in [-0.4, -0.2) is 18.0 Å². The van der Waals surface area contributed by atoms with Gasteiger partial charge in [-0.15, -0.1) is 36.2 Å². The SMILES string of the molecule is CC(C)NCc1cc(N=C(N)c2cccs2)ccc1OC(C)C.Cl.Cl. The summed E-state index contributed by atoms with van der Waals surface area (Å²) in [6.07, 6.45) is 0.137. The Bertz CT molecular complexity index is 658. The van der Waals surface area contributed by atoms with Gasteiger partial charge >= 0.3 is 0 Å². The molecule has 4 nitrogen and oxygen atoms in total. The third kappa shape index (κ3) is 7.65. The van der Waals surface area contributed by atoms with E-state index in [0.29, 0.717) is 11.9 Å². The van der Waals surface area contributed by atoms with Crippen molar-refractivity contribution in [2.24, 2.45) is 10.7 Å². The molecule has 0 spiro atoms. The number of rotatable bonds is 7. The Morgan fingerprint density at radius 1 is 1.20 bits per heavy atom. The Hall–Kier alpha value is -1.27. The van der Waals surface area contributed by atoms with Gasteiger partial charge in [0.2, 0.25) is 0 Å². The van der Waals surface area contributed by atoms with Gasteiger partial charge in [-0.25, -0.2) is 4.99 Å². The van der Waals surface area contributed by atoms with Gasteiger partial charge in [-0.2, -0.15) is 0 Å².